The van der Waals surface area contributed by atoms with E-state index in [0.717, 1.165) is 6.42 Å². The molecule has 2 rings (SSSR count). The molecule has 1 aliphatic rings. The van der Waals surface area contributed by atoms with E-state index in [4.69, 9.17) is 11.6 Å². The summed E-state index contributed by atoms with van der Waals surface area (Å²) in [5.41, 5.74) is 3.05. The molecule has 0 aliphatic heterocycles. The van der Waals surface area contributed by atoms with Crippen molar-refractivity contribution in [1.82, 2.24) is 0 Å². The van der Waals surface area contributed by atoms with Gasteiger partial charge in [-0.2, -0.15) is 0 Å². The van der Waals surface area contributed by atoms with Gasteiger partial charge in [-0.05, 0) is 23.0 Å². The van der Waals surface area contributed by atoms with Crippen molar-refractivity contribution >= 4 is 11.6 Å². The molecule has 0 saturated heterocycles. The van der Waals surface area contributed by atoms with E-state index in [9.17, 15) is 0 Å². The van der Waals surface area contributed by atoms with Crippen LogP contribution in [0.2, 0.25) is 0 Å². The molecule has 1 saturated carbocycles. The van der Waals surface area contributed by atoms with E-state index >= 15 is 0 Å². The topological polar surface area (TPSA) is 0 Å². The second-order valence-electron chi connectivity index (χ2n) is 5.23. The summed E-state index contributed by atoms with van der Waals surface area (Å²) >= 11 is 6.02. The van der Waals surface area contributed by atoms with E-state index in [-0.39, 0.29) is 5.41 Å². The Morgan fingerprint density at radius 2 is 1.64 bits per heavy atom. The van der Waals surface area contributed by atoms with E-state index in [1.165, 1.54) is 11.1 Å². The Kier molecular flexibility index (Phi) is 2.35. The standard InChI is InChI=1S/C13H17Cl/c1-13(2,3)10-6-4-9(5-7-10)11-8-12(11)14/h4-7,11-12H,8H2,1-3H3/t11-,12-/m1/s1. The Labute approximate surface area is 91.3 Å². The second kappa shape index (κ2) is 3.27. The van der Waals surface area contributed by atoms with E-state index in [1.807, 2.05) is 0 Å². The first-order valence-corrected chi connectivity index (χ1v) is 5.66. The monoisotopic (exact) mass is 208 g/mol. The Morgan fingerprint density at radius 3 is 2.00 bits per heavy atom. The highest BCUT2D eigenvalue weighted by molar-refractivity contribution is 6.23. The zero-order valence-electron chi connectivity index (χ0n) is 9.05. The number of alkyl halides is 1. The highest BCUT2D eigenvalue weighted by Crippen LogP contribution is 2.45. The molecule has 2 atom stereocenters. The van der Waals surface area contributed by atoms with Crippen LogP contribution >= 0.6 is 11.6 Å². The quantitative estimate of drug-likeness (QED) is 0.611. The molecule has 0 N–H and O–H groups in total. The average Bonchev–Trinajstić information content (AvgIpc) is 2.81. The third-order valence-electron chi connectivity index (χ3n) is 2.92. The lowest BCUT2D eigenvalue weighted by Gasteiger charge is -2.19. The molecule has 0 nitrogen and oxygen atoms in total. The van der Waals surface area contributed by atoms with Crippen LogP contribution in [0.4, 0.5) is 0 Å². The molecule has 14 heavy (non-hydrogen) atoms. The minimum absolute atomic E-state index is 0.252. The van der Waals surface area contributed by atoms with Crippen LogP contribution in [0.15, 0.2) is 24.3 Å². The van der Waals surface area contributed by atoms with Crippen LogP contribution in [0.5, 0.6) is 0 Å². The van der Waals surface area contributed by atoms with Gasteiger partial charge in [0.2, 0.25) is 0 Å². The molecule has 1 aliphatic carbocycles. The van der Waals surface area contributed by atoms with E-state index in [0.29, 0.717) is 11.3 Å². The minimum atomic E-state index is 0.252. The van der Waals surface area contributed by atoms with Gasteiger partial charge in [0.15, 0.2) is 0 Å². The summed E-state index contributed by atoms with van der Waals surface area (Å²) in [5.74, 6) is 0.616. The fourth-order valence-electron chi connectivity index (χ4n) is 1.74. The van der Waals surface area contributed by atoms with Crippen molar-refractivity contribution in [3.8, 4) is 0 Å². The van der Waals surface area contributed by atoms with Crippen LogP contribution in [0, 0.1) is 0 Å². The Bertz CT molecular complexity index is 318. The summed E-state index contributed by atoms with van der Waals surface area (Å²) in [6.07, 6.45) is 1.15. The van der Waals surface area contributed by atoms with Gasteiger partial charge in [0.1, 0.15) is 0 Å². The normalized spacial score (nSPS) is 26.3. The molecule has 76 valence electrons. The SMILES string of the molecule is CC(C)(C)c1ccc([C@H]2C[C@H]2Cl)cc1. The zero-order chi connectivity index (χ0) is 10.3. The van der Waals surface area contributed by atoms with Gasteiger partial charge >= 0.3 is 0 Å². The van der Waals surface area contributed by atoms with Crippen molar-refractivity contribution in [2.45, 2.75) is 43.9 Å². The van der Waals surface area contributed by atoms with Crippen LogP contribution in [0.25, 0.3) is 0 Å². The molecular formula is C13H17Cl. The Hall–Kier alpha value is -0.490. The average molecular weight is 209 g/mol. The van der Waals surface area contributed by atoms with Gasteiger partial charge in [-0.25, -0.2) is 0 Å². The lowest BCUT2D eigenvalue weighted by Crippen LogP contribution is -2.10. The summed E-state index contributed by atoms with van der Waals surface area (Å²) in [6, 6.07) is 8.93. The molecule has 0 spiro atoms. The smallest absolute Gasteiger partial charge is 0.0411 e. The Morgan fingerprint density at radius 1 is 1.14 bits per heavy atom. The van der Waals surface area contributed by atoms with E-state index in [1.54, 1.807) is 0 Å². The van der Waals surface area contributed by atoms with E-state index < -0.39 is 0 Å². The second-order valence-corrected chi connectivity index (χ2v) is 5.79. The van der Waals surface area contributed by atoms with Crippen molar-refractivity contribution in [2.24, 2.45) is 0 Å². The van der Waals surface area contributed by atoms with Crippen molar-refractivity contribution < 1.29 is 0 Å². The maximum Gasteiger partial charge on any atom is 0.0411 e. The lowest BCUT2D eigenvalue weighted by molar-refractivity contribution is 0.590. The number of hydrogen-bond acceptors (Lipinski definition) is 0. The van der Waals surface area contributed by atoms with Gasteiger partial charge in [0.25, 0.3) is 0 Å². The van der Waals surface area contributed by atoms with Crippen LogP contribution in [0.1, 0.15) is 44.2 Å². The summed E-state index contributed by atoms with van der Waals surface area (Å²) < 4.78 is 0. The van der Waals surface area contributed by atoms with E-state index in [2.05, 4.69) is 45.0 Å². The van der Waals surface area contributed by atoms with Gasteiger partial charge in [-0.3, -0.25) is 0 Å². The van der Waals surface area contributed by atoms with Gasteiger partial charge in [-0.15, -0.1) is 11.6 Å². The lowest BCUT2D eigenvalue weighted by atomic mass is 9.86. The molecular weight excluding hydrogens is 192 g/mol. The van der Waals surface area contributed by atoms with Gasteiger partial charge in [0, 0.05) is 11.3 Å². The predicted octanol–water partition coefficient (Wildman–Crippen LogP) is 4.08. The van der Waals surface area contributed by atoms with Crippen LogP contribution < -0.4 is 0 Å². The molecule has 0 aromatic heterocycles. The highest BCUT2D eigenvalue weighted by atomic mass is 35.5. The number of benzene rings is 1. The van der Waals surface area contributed by atoms with Gasteiger partial charge in [-0.1, -0.05) is 45.0 Å². The van der Waals surface area contributed by atoms with Gasteiger partial charge < -0.3 is 0 Å². The maximum atomic E-state index is 6.02. The molecule has 1 heteroatoms. The summed E-state index contributed by atoms with van der Waals surface area (Å²) in [7, 11) is 0. The number of rotatable bonds is 1. The first-order valence-electron chi connectivity index (χ1n) is 5.23. The van der Waals surface area contributed by atoms with Crippen LogP contribution in [-0.4, -0.2) is 5.38 Å². The Balaban J connectivity index is 2.18. The largest absolute Gasteiger partial charge is 0.122 e. The zero-order valence-corrected chi connectivity index (χ0v) is 9.81. The number of halogens is 1. The molecule has 1 fully saturated rings. The molecule has 0 unspecified atom stereocenters. The first kappa shape index (κ1) is 10.0. The highest BCUT2D eigenvalue weighted by Gasteiger charge is 2.36. The molecule has 0 radical (unpaired) electrons. The van der Waals surface area contributed by atoms with Crippen LogP contribution in [-0.2, 0) is 5.41 Å². The van der Waals surface area contributed by atoms with Gasteiger partial charge in [0.05, 0.1) is 0 Å². The fraction of sp³-hybridized carbons (Fsp3) is 0.538. The summed E-state index contributed by atoms with van der Waals surface area (Å²) in [4.78, 5) is 0. The molecule has 0 bridgehead atoms. The first-order chi connectivity index (χ1) is 6.48. The summed E-state index contributed by atoms with van der Waals surface area (Å²) in [5, 5.41) is 0.385. The molecule has 0 heterocycles. The number of hydrogen-bond donors (Lipinski definition) is 0. The molecule has 1 aromatic rings. The van der Waals surface area contributed by atoms with Crippen molar-refractivity contribution in [2.75, 3.05) is 0 Å². The maximum absolute atomic E-state index is 6.02. The third kappa shape index (κ3) is 1.95. The van der Waals surface area contributed by atoms with Crippen molar-refractivity contribution in [3.63, 3.8) is 0 Å². The third-order valence-corrected chi connectivity index (χ3v) is 3.40. The van der Waals surface area contributed by atoms with Crippen molar-refractivity contribution in [3.05, 3.63) is 35.4 Å². The van der Waals surface area contributed by atoms with Crippen LogP contribution in [0.3, 0.4) is 0 Å². The van der Waals surface area contributed by atoms with Crippen molar-refractivity contribution in [1.29, 1.82) is 0 Å². The summed E-state index contributed by atoms with van der Waals surface area (Å²) in [6.45, 7) is 6.72. The minimum Gasteiger partial charge on any atom is -0.122 e. The molecule has 1 aromatic carbocycles. The predicted molar refractivity (Wildman–Crippen MR) is 62.1 cm³/mol. The molecule has 0 amide bonds. The fourth-order valence-corrected chi connectivity index (χ4v) is 2.08.